The van der Waals surface area contributed by atoms with Crippen molar-refractivity contribution in [2.75, 3.05) is 54.2 Å². The summed E-state index contributed by atoms with van der Waals surface area (Å²) < 4.78 is 22.1. The highest BCUT2D eigenvalue weighted by molar-refractivity contribution is 6.60. The van der Waals surface area contributed by atoms with Crippen molar-refractivity contribution in [2.24, 2.45) is 0 Å². The van der Waals surface area contributed by atoms with Gasteiger partial charge < -0.3 is 22.9 Å². The Hall–Kier alpha value is 0.0169. The molecule has 6 heteroatoms. The fourth-order valence-corrected chi connectivity index (χ4v) is 3.67. The summed E-state index contributed by atoms with van der Waals surface area (Å²) in [6, 6.07) is 0.865. The third-order valence-electron chi connectivity index (χ3n) is 2.81. The third-order valence-corrected chi connectivity index (χ3v) is 5.67. The molecule has 0 saturated carbocycles. The molecule has 96 valence electrons. The van der Waals surface area contributed by atoms with Crippen molar-refractivity contribution in [3.05, 3.63) is 0 Å². The monoisotopic (exact) mass is 249 g/mol. The van der Waals surface area contributed by atoms with E-state index in [9.17, 15) is 0 Å². The SMILES string of the molecule is CO[Si]1(OC)CCCN(C)CCOCCO1. The van der Waals surface area contributed by atoms with E-state index in [1.165, 1.54) is 0 Å². The second kappa shape index (κ2) is 7.36. The van der Waals surface area contributed by atoms with Crippen LogP contribution in [0, 0.1) is 0 Å². The van der Waals surface area contributed by atoms with Gasteiger partial charge in [-0.3, -0.25) is 0 Å². The predicted molar refractivity (Wildman–Crippen MR) is 63.5 cm³/mol. The van der Waals surface area contributed by atoms with Crippen LogP contribution in [0.5, 0.6) is 0 Å². The number of likely N-dealkylation sites (N-methyl/N-ethyl adjacent to an activating group) is 1. The smallest absolute Gasteiger partial charge is 0.378 e. The van der Waals surface area contributed by atoms with Gasteiger partial charge in [0.2, 0.25) is 0 Å². The largest absolute Gasteiger partial charge is 0.500 e. The summed E-state index contributed by atoms with van der Waals surface area (Å²) in [5, 5.41) is 0. The Morgan fingerprint density at radius 2 is 1.81 bits per heavy atom. The van der Waals surface area contributed by atoms with Crippen LogP contribution in [0.4, 0.5) is 0 Å². The number of nitrogens with zero attached hydrogens (tertiary/aromatic N) is 1. The Morgan fingerprint density at radius 1 is 1.06 bits per heavy atom. The van der Waals surface area contributed by atoms with Gasteiger partial charge in [0.25, 0.3) is 0 Å². The Morgan fingerprint density at radius 3 is 2.50 bits per heavy atom. The van der Waals surface area contributed by atoms with Crippen molar-refractivity contribution < 1.29 is 18.0 Å². The fraction of sp³-hybridized carbons (Fsp3) is 1.00. The number of ether oxygens (including phenoxy) is 1. The second-order valence-corrected chi connectivity index (χ2v) is 6.93. The topological polar surface area (TPSA) is 40.2 Å². The minimum Gasteiger partial charge on any atom is -0.378 e. The van der Waals surface area contributed by atoms with Crippen molar-refractivity contribution in [3.63, 3.8) is 0 Å². The van der Waals surface area contributed by atoms with Gasteiger partial charge in [0.05, 0.1) is 19.8 Å². The van der Waals surface area contributed by atoms with E-state index in [1.54, 1.807) is 14.2 Å². The Balaban J connectivity index is 2.50. The van der Waals surface area contributed by atoms with Crippen LogP contribution in [0.2, 0.25) is 6.04 Å². The molecule has 0 amide bonds. The molecular weight excluding hydrogens is 226 g/mol. The molecule has 5 nitrogen and oxygen atoms in total. The molecule has 1 heterocycles. The summed E-state index contributed by atoms with van der Waals surface area (Å²) in [5.41, 5.74) is 0. The van der Waals surface area contributed by atoms with Crippen LogP contribution in [-0.4, -0.2) is 67.9 Å². The maximum absolute atomic E-state index is 5.75. The van der Waals surface area contributed by atoms with E-state index < -0.39 is 8.80 Å². The van der Waals surface area contributed by atoms with Gasteiger partial charge in [0.1, 0.15) is 0 Å². The quantitative estimate of drug-likeness (QED) is 0.670. The lowest BCUT2D eigenvalue weighted by Crippen LogP contribution is -2.44. The van der Waals surface area contributed by atoms with Gasteiger partial charge in [0, 0.05) is 26.8 Å². The minimum absolute atomic E-state index is 0.553. The molecule has 0 aromatic carbocycles. The molecule has 1 rings (SSSR count). The average Bonchev–Trinajstić information content (AvgIpc) is 2.34. The van der Waals surface area contributed by atoms with Crippen LogP contribution < -0.4 is 0 Å². The normalized spacial score (nSPS) is 24.9. The molecule has 0 aromatic heterocycles. The Kier molecular flexibility index (Phi) is 6.48. The number of hydrogen-bond acceptors (Lipinski definition) is 5. The minimum atomic E-state index is -2.43. The van der Waals surface area contributed by atoms with Crippen molar-refractivity contribution in [1.82, 2.24) is 4.90 Å². The predicted octanol–water partition coefficient (Wildman–Crippen LogP) is 0.587. The van der Waals surface area contributed by atoms with Crippen molar-refractivity contribution >= 4 is 8.80 Å². The third kappa shape index (κ3) is 4.48. The van der Waals surface area contributed by atoms with Gasteiger partial charge in [-0.1, -0.05) is 0 Å². The van der Waals surface area contributed by atoms with E-state index in [1.807, 2.05) is 0 Å². The Bertz CT molecular complexity index is 190. The first-order valence-electron chi connectivity index (χ1n) is 5.73. The van der Waals surface area contributed by atoms with Crippen molar-refractivity contribution in [3.8, 4) is 0 Å². The molecule has 0 spiro atoms. The summed E-state index contributed by atoms with van der Waals surface area (Å²) in [4.78, 5) is 2.26. The van der Waals surface area contributed by atoms with E-state index in [-0.39, 0.29) is 0 Å². The van der Waals surface area contributed by atoms with Gasteiger partial charge >= 0.3 is 8.80 Å². The standard InChI is InChI=1S/C10H23NO4Si/c1-11-5-4-10-16(12-2,13-3)15-9-8-14-7-6-11/h4-10H2,1-3H3. The zero-order chi connectivity index (χ0) is 11.9. The summed E-state index contributed by atoms with van der Waals surface area (Å²) >= 11 is 0. The maximum atomic E-state index is 5.75. The van der Waals surface area contributed by atoms with Crippen LogP contribution in [0.1, 0.15) is 6.42 Å². The number of hydrogen-bond donors (Lipinski definition) is 0. The molecule has 1 saturated heterocycles. The van der Waals surface area contributed by atoms with Crippen LogP contribution in [0.15, 0.2) is 0 Å². The van der Waals surface area contributed by atoms with Crippen LogP contribution in [0.25, 0.3) is 0 Å². The van der Waals surface area contributed by atoms with E-state index >= 15 is 0 Å². The van der Waals surface area contributed by atoms with E-state index in [2.05, 4.69) is 11.9 Å². The van der Waals surface area contributed by atoms with Crippen LogP contribution in [0.3, 0.4) is 0 Å². The molecule has 0 aliphatic carbocycles. The first-order valence-corrected chi connectivity index (χ1v) is 7.66. The molecule has 0 aromatic rings. The zero-order valence-electron chi connectivity index (χ0n) is 10.5. The molecule has 0 unspecified atom stereocenters. The highest BCUT2D eigenvalue weighted by Gasteiger charge is 2.38. The second-order valence-electron chi connectivity index (χ2n) is 3.96. The lowest BCUT2D eigenvalue weighted by atomic mass is 10.4. The fourth-order valence-electron chi connectivity index (χ4n) is 1.73. The summed E-state index contributed by atoms with van der Waals surface area (Å²) in [7, 11) is 3.01. The van der Waals surface area contributed by atoms with Crippen LogP contribution >= 0.6 is 0 Å². The maximum Gasteiger partial charge on any atom is 0.500 e. The van der Waals surface area contributed by atoms with Gasteiger partial charge in [-0.05, 0) is 20.0 Å². The van der Waals surface area contributed by atoms with E-state index in [0.29, 0.717) is 13.2 Å². The highest BCUT2D eigenvalue weighted by Crippen LogP contribution is 2.16. The molecule has 0 bridgehead atoms. The summed E-state index contributed by atoms with van der Waals surface area (Å²) in [6.07, 6.45) is 1.03. The van der Waals surface area contributed by atoms with Gasteiger partial charge in [-0.25, -0.2) is 0 Å². The lowest BCUT2D eigenvalue weighted by molar-refractivity contribution is 0.0486. The molecule has 1 fully saturated rings. The zero-order valence-corrected chi connectivity index (χ0v) is 11.5. The molecule has 16 heavy (non-hydrogen) atoms. The molecule has 0 N–H and O–H groups in total. The Labute approximate surface area is 99.0 Å². The van der Waals surface area contributed by atoms with Gasteiger partial charge in [-0.15, -0.1) is 0 Å². The average molecular weight is 249 g/mol. The molecule has 1 aliphatic heterocycles. The van der Waals surface area contributed by atoms with E-state index in [4.69, 9.17) is 18.0 Å². The number of rotatable bonds is 2. The molecular formula is C10H23NO4Si. The summed E-state index contributed by atoms with van der Waals surface area (Å²) in [5.74, 6) is 0. The molecule has 1 aliphatic rings. The van der Waals surface area contributed by atoms with E-state index in [0.717, 1.165) is 32.2 Å². The molecule has 0 radical (unpaired) electrons. The first-order chi connectivity index (χ1) is 7.72. The summed E-state index contributed by atoms with van der Waals surface area (Å²) in [6.45, 7) is 3.91. The highest BCUT2D eigenvalue weighted by atomic mass is 28.4. The van der Waals surface area contributed by atoms with Crippen molar-refractivity contribution in [2.45, 2.75) is 12.5 Å². The molecule has 0 atom stereocenters. The van der Waals surface area contributed by atoms with Crippen molar-refractivity contribution in [1.29, 1.82) is 0 Å². The first kappa shape index (κ1) is 14.1. The van der Waals surface area contributed by atoms with Crippen LogP contribution in [-0.2, 0) is 18.0 Å². The lowest BCUT2D eigenvalue weighted by Gasteiger charge is -2.26. The van der Waals surface area contributed by atoms with Gasteiger partial charge in [-0.2, -0.15) is 0 Å². The van der Waals surface area contributed by atoms with Gasteiger partial charge in [0.15, 0.2) is 0 Å².